The number of hydrogen-bond donors (Lipinski definition) is 2. The van der Waals surface area contributed by atoms with Crippen molar-refractivity contribution in [3.05, 3.63) is 70.8 Å². The van der Waals surface area contributed by atoms with E-state index in [1.807, 2.05) is 30.3 Å². The summed E-state index contributed by atoms with van der Waals surface area (Å²) >= 11 is 0. The average molecular weight is 447 g/mol. The van der Waals surface area contributed by atoms with Gasteiger partial charge in [0.05, 0.1) is 5.54 Å². The summed E-state index contributed by atoms with van der Waals surface area (Å²) in [6, 6.07) is 14.2. The molecule has 3 aliphatic heterocycles. The van der Waals surface area contributed by atoms with Gasteiger partial charge in [-0.25, -0.2) is 0 Å². The van der Waals surface area contributed by atoms with Gasteiger partial charge in [-0.15, -0.1) is 0 Å². The van der Waals surface area contributed by atoms with Crippen LogP contribution >= 0.6 is 0 Å². The number of nitrogens with zero attached hydrogens (tertiary/aromatic N) is 1. The molecule has 0 radical (unpaired) electrons. The predicted octanol–water partition coefficient (Wildman–Crippen LogP) is 1.88. The van der Waals surface area contributed by atoms with Crippen molar-refractivity contribution in [3.63, 3.8) is 0 Å². The van der Waals surface area contributed by atoms with Gasteiger partial charge in [0.15, 0.2) is 0 Å². The largest absolute Gasteiger partial charge is 0.381 e. The molecule has 8 nitrogen and oxygen atoms in total. The minimum atomic E-state index is -0.718. The molecule has 3 aliphatic rings. The van der Waals surface area contributed by atoms with E-state index in [0.29, 0.717) is 42.7 Å². The molecule has 2 aromatic carbocycles. The molecule has 0 bridgehead atoms. The second-order valence-electron chi connectivity index (χ2n) is 8.75. The number of carbonyl (C=O) groups is 4. The maximum absolute atomic E-state index is 13.5. The summed E-state index contributed by atoms with van der Waals surface area (Å²) in [5, 5.41) is 5.55. The van der Waals surface area contributed by atoms with Crippen molar-refractivity contribution in [2.24, 2.45) is 0 Å². The molecule has 0 aromatic heterocycles. The van der Waals surface area contributed by atoms with Crippen molar-refractivity contribution in [1.82, 2.24) is 15.5 Å². The molecular weight excluding hydrogens is 422 g/mol. The number of benzene rings is 2. The van der Waals surface area contributed by atoms with Gasteiger partial charge in [0.1, 0.15) is 6.04 Å². The monoisotopic (exact) mass is 447 g/mol. The van der Waals surface area contributed by atoms with E-state index in [-0.39, 0.29) is 37.1 Å². The molecule has 2 N–H and O–H groups in total. The first-order valence-corrected chi connectivity index (χ1v) is 11.2. The summed E-state index contributed by atoms with van der Waals surface area (Å²) in [5.74, 6) is -1.35. The van der Waals surface area contributed by atoms with Gasteiger partial charge < -0.3 is 15.0 Å². The Balaban J connectivity index is 1.43. The highest BCUT2D eigenvalue weighted by molar-refractivity contribution is 6.07. The number of carbonyl (C=O) groups excluding carboxylic acids is 4. The standard InChI is InChI=1S/C25H25N3O5/c29-21-10-9-20(23(31)26-21)28-15-19-17(7-4-8-18(19)24(28)32)22(30)27-25(11-13-33-14-12-25)16-5-2-1-3-6-16/h1-8,20H,9-15H2,(H,27,30)(H,26,29,31). The SMILES string of the molecule is O=C1CCC(N2Cc3c(C(=O)NC4(c5ccccc5)CCOCC4)cccc3C2=O)C(=O)N1. The first-order valence-electron chi connectivity index (χ1n) is 11.2. The topological polar surface area (TPSA) is 105 Å². The van der Waals surface area contributed by atoms with Crippen LogP contribution in [0.15, 0.2) is 48.5 Å². The Hall–Kier alpha value is -3.52. The van der Waals surface area contributed by atoms with Crippen molar-refractivity contribution in [2.75, 3.05) is 13.2 Å². The molecule has 2 aromatic rings. The molecule has 0 spiro atoms. The van der Waals surface area contributed by atoms with E-state index >= 15 is 0 Å². The fraction of sp³-hybridized carbons (Fsp3) is 0.360. The maximum Gasteiger partial charge on any atom is 0.255 e. The smallest absolute Gasteiger partial charge is 0.255 e. The quantitative estimate of drug-likeness (QED) is 0.697. The molecule has 4 amide bonds. The van der Waals surface area contributed by atoms with Crippen molar-refractivity contribution >= 4 is 23.6 Å². The van der Waals surface area contributed by atoms with Crippen LogP contribution in [-0.4, -0.2) is 47.8 Å². The second-order valence-corrected chi connectivity index (χ2v) is 8.75. The van der Waals surface area contributed by atoms with Crippen molar-refractivity contribution in [3.8, 4) is 0 Å². The number of ether oxygens (including phenoxy) is 1. The van der Waals surface area contributed by atoms with Crippen LogP contribution in [0.2, 0.25) is 0 Å². The van der Waals surface area contributed by atoms with Gasteiger partial charge in [-0.05, 0) is 42.5 Å². The zero-order chi connectivity index (χ0) is 23.0. The first kappa shape index (κ1) is 21.3. The summed E-state index contributed by atoms with van der Waals surface area (Å²) in [4.78, 5) is 52.0. The Morgan fingerprint density at radius 3 is 2.52 bits per heavy atom. The van der Waals surface area contributed by atoms with Crippen LogP contribution in [0.25, 0.3) is 0 Å². The molecule has 3 heterocycles. The zero-order valence-corrected chi connectivity index (χ0v) is 18.1. The molecular formula is C25H25N3O5. The van der Waals surface area contributed by atoms with E-state index in [4.69, 9.17) is 4.74 Å². The molecule has 0 saturated carbocycles. The number of nitrogens with one attached hydrogen (secondary N) is 2. The molecule has 0 aliphatic carbocycles. The van der Waals surface area contributed by atoms with Crippen LogP contribution in [0.3, 0.4) is 0 Å². The van der Waals surface area contributed by atoms with Crippen LogP contribution in [0.4, 0.5) is 0 Å². The van der Waals surface area contributed by atoms with Crippen LogP contribution in [0.1, 0.15) is 57.5 Å². The highest BCUT2D eigenvalue weighted by atomic mass is 16.5. The number of rotatable bonds is 4. The fourth-order valence-electron chi connectivity index (χ4n) is 5.05. The highest BCUT2D eigenvalue weighted by Crippen LogP contribution is 2.34. The third-order valence-corrected chi connectivity index (χ3v) is 6.85. The third kappa shape index (κ3) is 3.80. The molecule has 1 unspecified atom stereocenters. The molecule has 33 heavy (non-hydrogen) atoms. The Bertz CT molecular complexity index is 1120. The summed E-state index contributed by atoms with van der Waals surface area (Å²) in [7, 11) is 0. The predicted molar refractivity (Wildman–Crippen MR) is 118 cm³/mol. The summed E-state index contributed by atoms with van der Waals surface area (Å²) in [5.41, 5.74) is 1.94. The lowest BCUT2D eigenvalue weighted by atomic mass is 9.82. The lowest BCUT2D eigenvalue weighted by molar-refractivity contribution is -0.136. The summed E-state index contributed by atoms with van der Waals surface area (Å²) < 4.78 is 5.56. The van der Waals surface area contributed by atoms with E-state index in [9.17, 15) is 19.2 Å². The summed E-state index contributed by atoms with van der Waals surface area (Å²) in [6.45, 7) is 1.25. The van der Waals surface area contributed by atoms with Gasteiger partial charge in [0, 0.05) is 37.3 Å². The molecule has 5 rings (SSSR count). The Kier molecular flexibility index (Phi) is 5.46. The van der Waals surface area contributed by atoms with Crippen LogP contribution in [0.5, 0.6) is 0 Å². The van der Waals surface area contributed by atoms with Gasteiger partial charge in [-0.1, -0.05) is 36.4 Å². The molecule has 8 heteroatoms. The second kappa shape index (κ2) is 8.44. The van der Waals surface area contributed by atoms with E-state index in [1.165, 1.54) is 4.90 Å². The first-order chi connectivity index (χ1) is 16.0. The van der Waals surface area contributed by atoms with E-state index in [1.54, 1.807) is 18.2 Å². The zero-order valence-electron chi connectivity index (χ0n) is 18.1. The number of fused-ring (bicyclic) bond motifs is 1. The summed E-state index contributed by atoms with van der Waals surface area (Å²) in [6.07, 6.45) is 1.77. The minimum absolute atomic E-state index is 0.158. The number of amides is 4. The lowest BCUT2D eigenvalue weighted by Gasteiger charge is -2.38. The lowest BCUT2D eigenvalue weighted by Crippen LogP contribution is -2.52. The van der Waals surface area contributed by atoms with Gasteiger partial charge >= 0.3 is 0 Å². The highest BCUT2D eigenvalue weighted by Gasteiger charge is 2.41. The number of imide groups is 1. The van der Waals surface area contributed by atoms with Crippen molar-refractivity contribution in [1.29, 1.82) is 0 Å². The fourth-order valence-corrected chi connectivity index (χ4v) is 5.05. The Labute approximate surface area is 191 Å². The van der Waals surface area contributed by atoms with E-state index in [0.717, 1.165) is 5.56 Å². The van der Waals surface area contributed by atoms with Gasteiger partial charge in [-0.3, -0.25) is 24.5 Å². The minimum Gasteiger partial charge on any atom is -0.381 e. The average Bonchev–Trinajstić information content (AvgIpc) is 3.16. The van der Waals surface area contributed by atoms with Gasteiger partial charge in [-0.2, -0.15) is 0 Å². The number of hydrogen-bond acceptors (Lipinski definition) is 5. The van der Waals surface area contributed by atoms with Crippen LogP contribution < -0.4 is 10.6 Å². The van der Waals surface area contributed by atoms with E-state index < -0.39 is 17.5 Å². The third-order valence-electron chi connectivity index (χ3n) is 6.85. The number of piperidine rings is 1. The molecule has 1 atom stereocenters. The Morgan fingerprint density at radius 2 is 1.79 bits per heavy atom. The molecule has 2 saturated heterocycles. The Morgan fingerprint density at radius 1 is 1.03 bits per heavy atom. The van der Waals surface area contributed by atoms with Gasteiger partial charge in [0.2, 0.25) is 11.8 Å². The molecule has 170 valence electrons. The van der Waals surface area contributed by atoms with E-state index in [2.05, 4.69) is 10.6 Å². The van der Waals surface area contributed by atoms with Crippen molar-refractivity contribution < 1.29 is 23.9 Å². The van der Waals surface area contributed by atoms with Gasteiger partial charge in [0.25, 0.3) is 11.8 Å². The molecule has 2 fully saturated rings. The van der Waals surface area contributed by atoms with Crippen LogP contribution in [0, 0.1) is 0 Å². The van der Waals surface area contributed by atoms with Crippen LogP contribution in [-0.2, 0) is 26.4 Å². The van der Waals surface area contributed by atoms with Crippen molar-refractivity contribution in [2.45, 2.75) is 43.8 Å². The normalized spacial score (nSPS) is 22.0. The maximum atomic E-state index is 13.5.